The summed E-state index contributed by atoms with van der Waals surface area (Å²) in [4.78, 5) is 14.9. The summed E-state index contributed by atoms with van der Waals surface area (Å²) in [7, 11) is 0. The predicted molar refractivity (Wildman–Crippen MR) is 60.7 cm³/mol. The molecule has 0 saturated heterocycles. The Kier molecular flexibility index (Phi) is 4.09. The summed E-state index contributed by atoms with van der Waals surface area (Å²) in [6, 6.07) is 3.44. The molecule has 0 bridgehead atoms. The summed E-state index contributed by atoms with van der Waals surface area (Å²) in [6.45, 7) is 5.21. The van der Waals surface area contributed by atoms with Crippen LogP contribution in [0.5, 0.6) is 0 Å². The van der Waals surface area contributed by atoms with Gasteiger partial charge in [0.25, 0.3) is 0 Å². The van der Waals surface area contributed by atoms with Crippen LogP contribution >= 0.6 is 0 Å². The molecule has 3 N–H and O–H groups in total. The molecule has 0 aromatic carbocycles. The SMILES string of the molecule is CCC(C)CNc1ccc(C(N)=O)cn1. The third kappa shape index (κ3) is 3.58. The van der Waals surface area contributed by atoms with Crippen LogP contribution in [0.3, 0.4) is 0 Å². The molecule has 1 rings (SSSR count). The Labute approximate surface area is 89.9 Å². The zero-order valence-electron chi connectivity index (χ0n) is 9.16. The molecule has 1 aromatic heterocycles. The van der Waals surface area contributed by atoms with Crippen molar-refractivity contribution in [3.63, 3.8) is 0 Å². The van der Waals surface area contributed by atoms with Gasteiger partial charge in [0.05, 0.1) is 5.56 Å². The second-order valence-corrected chi connectivity index (χ2v) is 3.69. The first kappa shape index (κ1) is 11.5. The van der Waals surface area contributed by atoms with Gasteiger partial charge in [0.15, 0.2) is 0 Å². The van der Waals surface area contributed by atoms with Crippen molar-refractivity contribution in [3.8, 4) is 0 Å². The number of hydrogen-bond donors (Lipinski definition) is 2. The maximum absolute atomic E-state index is 10.8. The molecule has 0 aliphatic heterocycles. The number of carbonyl (C=O) groups excluding carboxylic acids is 1. The van der Waals surface area contributed by atoms with Crippen LogP contribution in [0.1, 0.15) is 30.6 Å². The highest BCUT2D eigenvalue weighted by Crippen LogP contribution is 2.07. The van der Waals surface area contributed by atoms with Gasteiger partial charge in [0, 0.05) is 12.7 Å². The molecule has 0 saturated carbocycles. The van der Waals surface area contributed by atoms with Gasteiger partial charge in [0.1, 0.15) is 5.82 Å². The first-order valence-electron chi connectivity index (χ1n) is 5.13. The molecule has 15 heavy (non-hydrogen) atoms. The van der Waals surface area contributed by atoms with E-state index in [1.807, 2.05) is 0 Å². The highest BCUT2D eigenvalue weighted by atomic mass is 16.1. The van der Waals surface area contributed by atoms with Crippen molar-refractivity contribution in [3.05, 3.63) is 23.9 Å². The first-order chi connectivity index (χ1) is 7.13. The lowest BCUT2D eigenvalue weighted by Gasteiger charge is -2.10. The van der Waals surface area contributed by atoms with Gasteiger partial charge in [-0.15, -0.1) is 0 Å². The number of nitrogens with two attached hydrogens (primary N) is 1. The second kappa shape index (κ2) is 5.34. The van der Waals surface area contributed by atoms with Crippen molar-refractivity contribution in [2.75, 3.05) is 11.9 Å². The Bertz CT molecular complexity index is 321. The lowest BCUT2D eigenvalue weighted by molar-refractivity contribution is 0.1000. The average Bonchev–Trinajstić information content (AvgIpc) is 2.26. The number of aromatic nitrogens is 1. The summed E-state index contributed by atoms with van der Waals surface area (Å²) < 4.78 is 0. The van der Waals surface area contributed by atoms with Crippen molar-refractivity contribution in [2.45, 2.75) is 20.3 Å². The molecule has 1 heterocycles. The second-order valence-electron chi connectivity index (χ2n) is 3.69. The normalized spacial score (nSPS) is 12.1. The molecule has 4 heteroatoms. The molecular formula is C11H17N3O. The van der Waals surface area contributed by atoms with Crippen molar-refractivity contribution >= 4 is 11.7 Å². The third-order valence-corrected chi connectivity index (χ3v) is 2.38. The Morgan fingerprint density at radius 2 is 2.33 bits per heavy atom. The monoisotopic (exact) mass is 207 g/mol. The number of primary amides is 1. The Morgan fingerprint density at radius 1 is 1.60 bits per heavy atom. The van der Waals surface area contributed by atoms with E-state index in [9.17, 15) is 4.79 Å². The maximum Gasteiger partial charge on any atom is 0.250 e. The number of amides is 1. The molecular weight excluding hydrogens is 190 g/mol. The van der Waals surface area contributed by atoms with Crippen LogP contribution in [0.25, 0.3) is 0 Å². The lowest BCUT2D eigenvalue weighted by Crippen LogP contribution is -2.13. The van der Waals surface area contributed by atoms with Gasteiger partial charge in [-0.2, -0.15) is 0 Å². The molecule has 0 fully saturated rings. The van der Waals surface area contributed by atoms with Crippen LogP contribution in [0, 0.1) is 5.92 Å². The van der Waals surface area contributed by atoms with Crippen LogP contribution in [-0.2, 0) is 0 Å². The fraction of sp³-hybridized carbons (Fsp3) is 0.455. The zero-order valence-corrected chi connectivity index (χ0v) is 9.16. The van der Waals surface area contributed by atoms with Gasteiger partial charge in [-0.1, -0.05) is 20.3 Å². The van der Waals surface area contributed by atoms with E-state index in [0.29, 0.717) is 11.5 Å². The van der Waals surface area contributed by atoms with E-state index in [0.717, 1.165) is 18.8 Å². The highest BCUT2D eigenvalue weighted by Gasteiger charge is 2.02. The Morgan fingerprint density at radius 3 is 2.80 bits per heavy atom. The van der Waals surface area contributed by atoms with Gasteiger partial charge >= 0.3 is 0 Å². The number of carbonyl (C=O) groups is 1. The molecule has 1 aromatic rings. The Hall–Kier alpha value is -1.58. The minimum Gasteiger partial charge on any atom is -0.370 e. The molecule has 82 valence electrons. The Balaban J connectivity index is 2.53. The molecule has 0 aliphatic rings. The fourth-order valence-electron chi connectivity index (χ4n) is 1.07. The molecule has 1 unspecified atom stereocenters. The minimum atomic E-state index is -0.448. The van der Waals surface area contributed by atoms with Gasteiger partial charge in [-0.25, -0.2) is 4.98 Å². The van der Waals surface area contributed by atoms with Crippen molar-refractivity contribution in [1.29, 1.82) is 0 Å². The summed E-state index contributed by atoms with van der Waals surface area (Å²) in [5.41, 5.74) is 5.54. The largest absolute Gasteiger partial charge is 0.370 e. The average molecular weight is 207 g/mol. The molecule has 1 atom stereocenters. The van der Waals surface area contributed by atoms with E-state index < -0.39 is 5.91 Å². The number of anilines is 1. The molecule has 1 amide bonds. The topological polar surface area (TPSA) is 68.0 Å². The summed E-state index contributed by atoms with van der Waals surface area (Å²) >= 11 is 0. The van der Waals surface area contributed by atoms with E-state index in [1.54, 1.807) is 12.1 Å². The minimum absolute atomic E-state index is 0.434. The van der Waals surface area contributed by atoms with Gasteiger partial charge in [0.2, 0.25) is 5.91 Å². The van der Waals surface area contributed by atoms with Crippen LogP contribution in [0.15, 0.2) is 18.3 Å². The van der Waals surface area contributed by atoms with Gasteiger partial charge in [-0.05, 0) is 18.1 Å². The molecule has 4 nitrogen and oxygen atoms in total. The van der Waals surface area contributed by atoms with E-state index >= 15 is 0 Å². The van der Waals surface area contributed by atoms with Crippen molar-refractivity contribution in [1.82, 2.24) is 4.98 Å². The number of nitrogens with one attached hydrogen (secondary N) is 1. The van der Waals surface area contributed by atoms with Crippen LogP contribution in [0.2, 0.25) is 0 Å². The highest BCUT2D eigenvalue weighted by molar-refractivity contribution is 5.92. The van der Waals surface area contributed by atoms with E-state index in [1.165, 1.54) is 6.20 Å². The van der Waals surface area contributed by atoms with Gasteiger partial charge in [-0.3, -0.25) is 4.79 Å². The van der Waals surface area contributed by atoms with Crippen molar-refractivity contribution < 1.29 is 4.79 Å². The molecule has 0 spiro atoms. The quantitative estimate of drug-likeness (QED) is 0.771. The molecule has 0 aliphatic carbocycles. The standard InChI is InChI=1S/C11H17N3O/c1-3-8(2)6-13-10-5-4-9(7-14-10)11(12)15/h4-5,7-8H,3,6H2,1-2H3,(H2,12,15)(H,13,14). The van der Waals surface area contributed by atoms with E-state index in [2.05, 4.69) is 24.1 Å². The lowest BCUT2D eigenvalue weighted by atomic mass is 10.1. The van der Waals surface area contributed by atoms with Crippen LogP contribution < -0.4 is 11.1 Å². The summed E-state index contributed by atoms with van der Waals surface area (Å²) in [5, 5.41) is 3.20. The predicted octanol–water partition coefficient (Wildman–Crippen LogP) is 1.64. The van der Waals surface area contributed by atoms with Crippen LogP contribution in [0.4, 0.5) is 5.82 Å². The molecule has 0 radical (unpaired) electrons. The number of hydrogen-bond acceptors (Lipinski definition) is 3. The van der Waals surface area contributed by atoms with E-state index in [4.69, 9.17) is 5.73 Å². The van der Waals surface area contributed by atoms with E-state index in [-0.39, 0.29) is 0 Å². The number of nitrogens with zero attached hydrogens (tertiary/aromatic N) is 1. The van der Waals surface area contributed by atoms with Crippen molar-refractivity contribution in [2.24, 2.45) is 11.7 Å². The summed E-state index contributed by atoms with van der Waals surface area (Å²) in [5.74, 6) is 0.943. The van der Waals surface area contributed by atoms with Crippen LogP contribution in [-0.4, -0.2) is 17.4 Å². The smallest absolute Gasteiger partial charge is 0.250 e. The van der Waals surface area contributed by atoms with Gasteiger partial charge < -0.3 is 11.1 Å². The third-order valence-electron chi connectivity index (χ3n) is 2.38. The zero-order chi connectivity index (χ0) is 11.3. The number of pyridine rings is 1. The first-order valence-corrected chi connectivity index (χ1v) is 5.13. The summed E-state index contributed by atoms with van der Waals surface area (Å²) in [6.07, 6.45) is 2.62. The number of rotatable bonds is 5. The fourth-order valence-corrected chi connectivity index (χ4v) is 1.07. The maximum atomic E-state index is 10.8.